The van der Waals surface area contributed by atoms with Crippen LogP contribution in [0.25, 0.3) is 0 Å². The molecule has 0 aliphatic rings. The number of esters is 1. The van der Waals surface area contributed by atoms with Crippen molar-refractivity contribution >= 4 is 15.8 Å². The minimum atomic E-state index is -3.04. The van der Waals surface area contributed by atoms with E-state index in [1.807, 2.05) is 13.8 Å². The van der Waals surface area contributed by atoms with Crippen molar-refractivity contribution in [2.75, 3.05) is 18.6 Å². The highest BCUT2D eigenvalue weighted by Gasteiger charge is 2.24. The normalized spacial score (nSPS) is 15.4. The summed E-state index contributed by atoms with van der Waals surface area (Å²) in [5.41, 5.74) is 0. The van der Waals surface area contributed by atoms with Crippen LogP contribution in [0.2, 0.25) is 0 Å². The lowest BCUT2D eigenvalue weighted by Crippen LogP contribution is -2.46. The van der Waals surface area contributed by atoms with Crippen molar-refractivity contribution in [3.63, 3.8) is 0 Å². The monoisotopic (exact) mass is 279 g/mol. The highest BCUT2D eigenvalue weighted by Crippen LogP contribution is 2.08. The molecule has 0 spiro atoms. The van der Waals surface area contributed by atoms with Crippen molar-refractivity contribution in [2.24, 2.45) is 5.92 Å². The van der Waals surface area contributed by atoms with Crippen LogP contribution in [-0.2, 0) is 19.4 Å². The van der Waals surface area contributed by atoms with Gasteiger partial charge in [0.2, 0.25) is 0 Å². The van der Waals surface area contributed by atoms with Gasteiger partial charge in [0.1, 0.15) is 6.04 Å². The van der Waals surface area contributed by atoms with Gasteiger partial charge in [0.15, 0.2) is 9.84 Å². The maximum Gasteiger partial charge on any atom is 0.322 e. The Morgan fingerprint density at radius 1 is 1.28 bits per heavy atom. The molecule has 1 N–H and O–H groups in total. The van der Waals surface area contributed by atoms with Crippen LogP contribution < -0.4 is 5.32 Å². The van der Waals surface area contributed by atoms with Crippen molar-refractivity contribution in [3.05, 3.63) is 0 Å². The van der Waals surface area contributed by atoms with Crippen LogP contribution in [0.4, 0.5) is 0 Å². The number of carbonyl (C=O) groups is 1. The Morgan fingerprint density at radius 2 is 1.83 bits per heavy atom. The highest BCUT2D eigenvalue weighted by molar-refractivity contribution is 7.91. The Morgan fingerprint density at radius 3 is 2.22 bits per heavy atom. The van der Waals surface area contributed by atoms with Crippen LogP contribution in [0.1, 0.15) is 34.1 Å². The van der Waals surface area contributed by atoms with Gasteiger partial charge in [-0.25, -0.2) is 8.42 Å². The molecule has 0 aromatic heterocycles. The molecule has 2 atom stereocenters. The highest BCUT2D eigenvalue weighted by atomic mass is 32.2. The summed E-state index contributed by atoms with van der Waals surface area (Å²) in [4.78, 5) is 11.6. The van der Waals surface area contributed by atoms with E-state index in [-0.39, 0.29) is 23.5 Å². The Labute approximate surface area is 110 Å². The van der Waals surface area contributed by atoms with E-state index in [2.05, 4.69) is 5.32 Å². The summed E-state index contributed by atoms with van der Waals surface area (Å²) in [7, 11) is -1.70. The number of methoxy groups -OCH3 is 1. The summed E-state index contributed by atoms with van der Waals surface area (Å²) < 4.78 is 27.7. The van der Waals surface area contributed by atoms with Gasteiger partial charge >= 0.3 is 5.97 Å². The molecule has 18 heavy (non-hydrogen) atoms. The molecule has 0 aliphatic heterocycles. The van der Waals surface area contributed by atoms with Crippen molar-refractivity contribution in [1.82, 2.24) is 5.32 Å². The van der Waals surface area contributed by atoms with Gasteiger partial charge in [-0.05, 0) is 19.3 Å². The molecule has 0 aliphatic carbocycles. The van der Waals surface area contributed by atoms with E-state index in [0.29, 0.717) is 12.3 Å². The average Bonchev–Trinajstić information content (AvgIpc) is 2.25. The van der Waals surface area contributed by atoms with Crippen LogP contribution in [0.3, 0.4) is 0 Å². The molecule has 108 valence electrons. The van der Waals surface area contributed by atoms with Crippen molar-refractivity contribution < 1.29 is 17.9 Å². The van der Waals surface area contributed by atoms with E-state index in [1.54, 1.807) is 13.8 Å². The molecule has 0 bridgehead atoms. The molecule has 0 radical (unpaired) electrons. The van der Waals surface area contributed by atoms with Crippen molar-refractivity contribution in [2.45, 2.75) is 46.2 Å². The fourth-order valence-electron chi connectivity index (χ4n) is 1.74. The summed E-state index contributed by atoms with van der Waals surface area (Å²) in [5, 5.41) is 3.04. The van der Waals surface area contributed by atoms with E-state index in [9.17, 15) is 13.2 Å². The first-order valence-corrected chi connectivity index (χ1v) is 8.08. The molecule has 0 aromatic carbocycles. The Bertz CT molecular complexity index is 351. The Balaban J connectivity index is 4.53. The lowest BCUT2D eigenvalue weighted by molar-refractivity contribution is -0.143. The van der Waals surface area contributed by atoms with Crippen LogP contribution >= 0.6 is 0 Å². The van der Waals surface area contributed by atoms with E-state index in [1.165, 1.54) is 7.11 Å². The zero-order valence-electron chi connectivity index (χ0n) is 11.9. The van der Waals surface area contributed by atoms with E-state index in [0.717, 1.165) is 0 Å². The van der Waals surface area contributed by atoms with Crippen molar-refractivity contribution in [1.29, 1.82) is 0 Å². The van der Waals surface area contributed by atoms with Crippen molar-refractivity contribution in [3.8, 4) is 0 Å². The number of ether oxygens (including phenoxy) is 1. The first-order valence-electron chi connectivity index (χ1n) is 6.26. The lowest BCUT2D eigenvalue weighted by atomic mass is 10.0. The minimum absolute atomic E-state index is 0.0368. The third-order valence-corrected chi connectivity index (χ3v) is 4.51. The Hall–Kier alpha value is -0.620. The number of carbonyl (C=O) groups excluding carboxylic acids is 1. The summed E-state index contributed by atoms with van der Waals surface area (Å²) >= 11 is 0. The average molecular weight is 279 g/mol. The molecule has 0 rings (SSSR count). The first kappa shape index (κ1) is 17.4. The largest absolute Gasteiger partial charge is 0.468 e. The number of sulfone groups is 1. The second kappa shape index (κ2) is 7.74. The Kier molecular flexibility index (Phi) is 7.47. The standard InChI is InChI=1S/C12H25NO4S/c1-6-18(15,16)8-10(4)13-11(7-9(2)3)12(14)17-5/h9-11,13H,6-8H2,1-5H3. The maximum atomic E-state index is 11.6. The molecule has 5 nitrogen and oxygen atoms in total. The van der Waals surface area contributed by atoms with Gasteiger partial charge in [0.05, 0.1) is 12.9 Å². The van der Waals surface area contributed by atoms with Crippen LogP contribution in [0, 0.1) is 5.92 Å². The van der Waals surface area contributed by atoms with Gasteiger partial charge in [-0.2, -0.15) is 0 Å². The molecular weight excluding hydrogens is 254 g/mol. The summed E-state index contributed by atoms with van der Waals surface area (Å²) in [6.45, 7) is 7.40. The van der Waals surface area contributed by atoms with Gasteiger partial charge in [0, 0.05) is 11.8 Å². The number of hydrogen-bond acceptors (Lipinski definition) is 5. The predicted molar refractivity (Wildman–Crippen MR) is 72.2 cm³/mol. The molecular formula is C12H25NO4S. The van der Waals surface area contributed by atoms with Gasteiger partial charge in [-0.15, -0.1) is 0 Å². The second-order valence-electron chi connectivity index (χ2n) is 4.97. The zero-order chi connectivity index (χ0) is 14.3. The third kappa shape index (κ3) is 6.96. The number of hydrogen-bond donors (Lipinski definition) is 1. The van der Waals surface area contributed by atoms with Crippen LogP contribution in [0.15, 0.2) is 0 Å². The molecule has 2 unspecified atom stereocenters. The van der Waals surface area contributed by atoms with Crippen LogP contribution in [0.5, 0.6) is 0 Å². The van der Waals surface area contributed by atoms with Gasteiger partial charge in [-0.1, -0.05) is 20.8 Å². The predicted octanol–water partition coefficient (Wildman–Crippen LogP) is 0.987. The maximum absolute atomic E-state index is 11.6. The number of nitrogens with one attached hydrogen (secondary N) is 1. The number of rotatable bonds is 8. The topological polar surface area (TPSA) is 72.5 Å². The van der Waals surface area contributed by atoms with E-state index < -0.39 is 15.9 Å². The zero-order valence-corrected chi connectivity index (χ0v) is 12.7. The second-order valence-corrected chi connectivity index (χ2v) is 7.37. The molecule has 0 amide bonds. The molecule has 0 fully saturated rings. The quantitative estimate of drug-likeness (QED) is 0.671. The molecule has 0 saturated heterocycles. The SMILES string of the molecule is CCS(=O)(=O)CC(C)NC(CC(C)C)C(=O)OC. The minimum Gasteiger partial charge on any atom is -0.468 e. The fourth-order valence-corrected chi connectivity index (χ4v) is 2.83. The van der Waals surface area contributed by atoms with Gasteiger partial charge < -0.3 is 10.1 Å². The molecule has 0 aromatic rings. The van der Waals surface area contributed by atoms with Gasteiger partial charge in [0.25, 0.3) is 0 Å². The summed E-state index contributed by atoms with van der Waals surface area (Å²) in [6.07, 6.45) is 0.628. The van der Waals surface area contributed by atoms with E-state index in [4.69, 9.17) is 4.74 Å². The van der Waals surface area contributed by atoms with Crippen LogP contribution in [-0.4, -0.2) is 45.1 Å². The first-order chi connectivity index (χ1) is 8.21. The lowest BCUT2D eigenvalue weighted by Gasteiger charge is -2.22. The molecule has 0 heterocycles. The summed E-state index contributed by atoms with van der Waals surface area (Å²) in [6, 6.07) is -0.713. The summed E-state index contributed by atoms with van der Waals surface area (Å²) in [5.74, 6) is 0.141. The van der Waals surface area contributed by atoms with E-state index >= 15 is 0 Å². The molecule has 0 saturated carbocycles. The molecule has 6 heteroatoms. The smallest absolute Gasteiger partial charge is 0.322 e. The third-order valence-electron chi connectivity index (χ3n) is 2.62. The fraction of sp³-hybridized carbons (Fsp3) is 0.917. The van der Waals surface area contributed by atoms with Gasteiger partial charge in [-0.3, -0.25) is 4.79 Å².